The van der Waals surface area contributed by atoms with Crippen LogP contribution in [-0.2, 0) is 14.8 Å². The van der Waals surface area contributed by atoms with Crippen LogP contribution in [0, 0.1) is 0 Å². The molecule has 0 bridgehead atoms. The van der Waals surface area contributed by atoms with E-state index in [9.17, 15) is 13.2 Å². The van der Waals surface area contributed by atoms with Crippen molar-refractivity contribution in [3.05, 3.63) is 0 Å². The molecule has 1 heterocycles. The third-order valence-corrected chi connectivity index (χ3v) is 5.44. The topological polar surface area (TPSA) is 92.3 Å². The van der Waals surface area contributed by atoms with E-state index in [0.717, 1.165) is 24.2 Å². The van der Waals surface area contributed by atoms with E-state index in [0.29, 0.717) is 0 Å². The quantitative estimate of drug-likeness (QED) is 0.797. The molecule has 1 aliphatic carbocycles. The van der Waals surface area contributed by atoms with Gasteiger partial charge in [-0.05, 0) is 12.8 Å². The van der Waals surface area contributed by atoms with Crippen LogP contribution in [0.4, 0.5) is 5.13 Å². The second-order valence-corrected chi connectivity index (χ2v) is 6.96. The van der Waals surface area contributed by atoms with Crippen molar-refractivity contribution in [2.45, 2.75) is 30.1 Å². The minimum absolute atomic E-state index is 0.0770. The lowest BCUT2D eigenvalue weighted by atomic mass is 10.7. The molecule has 1 aromatic heterocycles. The smallest absolute Gasteiger partial charge is 0.272 e. The van der Waals surface area contributed by atoms with E-state index in [1.165, 1.54) is 18.3 Å². The fourth-order valence-corrected chi connectivity index (χ4v) is 3.80. The van der Waals surface area contributed by atoms with Crippen LogP contribution in [-0.4, -0.2) is 41.9 Å². The molecule has 2 rings (SSSR count). The average molecular weight is 276 g/mol. The van der Waals surface area contributed by atoms with Crippen LogP contribution < -0.4 is 5.32 Å². The van der Waals surface area contributed by atoms with Gasteiger partial charge in [-0.15, -0.1) is 10.2 Å². The Morgan fingerprint density at radius 2 is 2.12 bits per heavy atom. The maximum atomic E-state index is 12.0. The Morgan fingerprint density at radius 1 is 1.47 bits per heavy atom. The molecule has 0 aliphatic heterocycles. The number of nitrogens with zero attached hydrogens (tertiary/aromatic N) is 3. The Morgan fingerprint density at radius 3 is 2.65 bits per heavy atom. The first kappa shape index (κ1) is 12.4. The summed E-state index contributed by atoms with van der Waals surface area (Å²) in [5.41, 5.74) is 0. The molecule has 94 valence electrons. The second-order valence-electron chi connectivity index (χ2n) is 3.81. The number of anilines is 1. The van der Waals surface area contributed by atoms with Gasteiger partial charge < -0.3 is 5.32 Å². The zero-order chi connectivity index (χ0) is 12.6. The lowest BCUT2D eigenvalue weighted by Crippen LogP contribution is -2.28. The summed E-state index contributed by atoms with van der Waals surface area (Å²) in [5, 5.41) is 9.81. The molecule has 0 atom stereocenters. The Hall–Kier alpha value is -1.06. The molecule has 0 radical (unpaired) electrons. The van der Waals surface area contributed by atoms with Crippen molar-refractivity contribution in [1.29, 1.82) is 0 Å². The number of nitrogens with one attached hydrogen (secondary N) is 1. The van der Waals surface area contributed by atoms with Gasteiger partial charge in [0.1, 0.15) is 0 Å². The molecular weight excluding hydrogens is 264 g/mol. The molecule has 1 N–H and O–H groups in total. The zero-order valence-electron chi connectivity index (χ0n) is 9.37. The van der Waals surface area contributed by atoms with Gasteiger partial charge in [-0.3, -0.25) is 4.79 Å². The van der Waals surface area contributed by atoms with Crippen LogP contribution in [0.2, 0.25) is 0 Å². The van der Waals surface area contributed by atoms with Crippen LogP contribution in [0.5, 0.6) is 0 Å². The fourth-order valence-electron chi connectivity index (χ4n) is 1.27. The van der Waals surface area contributed by atoms with Gasteiger partial charge in [0, 0.05) is 20.0 Å². The molecule has 1 saturated carbocycles. The summed E-state index contributed by atoms with van der Waals surface area (Å²) < 4.78 is 25.3. The molecule has 0 spiro atoms. The number of carbonyl (C=O) groups is 1. The van der Waals surface area contributed by atoms with Crippen molar-refractivity contribution < 1.29 is 13.2 Å². The van der Waals surface area contributed by atoms with Crippen LogP contribution in [0.1, 0.15) is 19.8 Å². The summed E-state index contributed by atoms with van der Waals surface area (Å²) in [7, 11) is -2.03. The molecule has 1 fully saturated rings. The summed E-state index contributed by atoms with van der Waals surface area (Å²) in [5.74, 6) is -0.305. The van der Waals surface area contributed by atoms with Crippen molar-refractivity contribution in [3.8, 4) is 0 Å². The normalized spacial score (nSPS) is 16.2. The SMILES string of the molecule is CC(=O)Nc1nnc(S(=O)(=O)N(C)C2CC2)s1. The summed E-state index contributed by atoms with van der Waals surface area (Å²) in [6.07, 6.45) is 1.76. The van der Waals surface area contributed by atoms with Gasteiger partial charge in [-0.25, -0.2) is 8.42 Å². The molecule has 1 amide bonds. The summed E-state index contributed by atoms with van der Waals surface area (Å²) in [6.45, 7) is 1.33. The number of carbonyl (C=O) groups excluding carboxylic acids is 1. The van der Waals surface area contributed by atoms with Gasteiger partial charge in [0.2, 0.25) is 15.4 Å². The van der Waals surface area contributed by atoms with Crippen LogP contribution in [0.25, 0.3) is 0 Å². The van der Waals surface area contributed by atoms with Gasteiger partial charge in [-0.1, -0.05) is 11.3 Å². The van der Waals surface area contributed by atoms with Crippen LogP contribution in [0.3, 0.4) is 0 Å². The average Bonchev–Trinajstić information content (AvgIpc) is 2.97. The first-order chi connectivity index (χ1) is 7.91. The van der Waals surface area contributed by atoms with Crippen molar-refractivity contribution in [3.63, 3.8) is 0 Å². The lowest BCUT2D eigenvalue weighted by Gasteiger charge is -2.12. The number of hydrogen-bond donors (Lipinski definition) is 1. The van der Waals surface area contributed by atoms with Gasteiger partial charge >= 0.3 is 0 Å². The van der Waals surface area contributed by atoms with E-state index >= 15 is 0 Å². The number of amides is 1. The van der Waals surface area contributed by atoms with Gasteiger partial charge in [0.05, 0.1) is 0 Å². The number of sulfonamides is 1. The number of rotatable bonds is 4. The standard InChI is InChI=1S/C8H12N4O3S2/c1-5(13)9-7-10-11-8(16-7)17(14,15)12(2)6-3-4-6/h6H,3-4H2,1-2H3,(H,9,10,13). The van der Waals surface area contributed by atoms with E-state index in [1.807, 2.05) is 0 Å². The Balaban J connectivity index is 2.21. The van der Waals surface area contributed by atoms with Gasteiger partial charge in [0.15, 0.2) is 0 Å². The molecule has 0 unspecified atom stereocenters. The minimum atomic E-state index is -3.56. The maximum Gasteiger partial charge on any atom is 0.272 e. The molecular formula is C8H12N4O3S2. The van der Waals surface area contributed by atoms with Gasteiger partial charge in [0.25, 0.3) is 10.0 Å². The van der Waals surface area contributed by atoms with Gasteiger partial charge in [-0.2, -0.15) is 4.31 Å². The van der Waals surface area contributed by atoms with E-state index in [4.69, 9.17) is 0 Å². The highest BCUT2D eigenvalue weighted by molar-refractivity contribution is 7.91. The predicted molar refractivity (Wildman–Crippen MR) is 62.2 cm³/mol. The Bertz CT molecular complexity index is 535. The summed E-state index contributed by atoms with van der Waals surface area (Å²) >= 11 is 0.858. The number of hydrogen-bond acceptors (Lipinski definition) is 6. The lowest BCUT2D eigenvalue weighted by molar-refractivity contribution is -0.114. The molecule has 9 heteroatoms. The Labute approximate surface area is 103 Å². The highest BCUT2D eigenvalue weighted by Gasteiger charge is 2.37. The first-order valence-electron chi connectivity index (χ1n) is 5.00. The van der Waals surface area contributed by atoms with Crippen LogP contribution >= 0.6 is 11.3 Å². The maximum absolute atomic E-state index is 12.0. The summed E-state index contributed by atoms with van der Waals surface area (Å²) in [6, 6.07) is 0.0770. The van der Waals surface area contributed by atoms with E-state index in [1.54, 1.807) is 0 Å². The highest BCUT2D eigenvalue weighted by atomic mass is 32.2. The largest absolute Gasteiger partial charge is 0.301 e. The van der Waals surface area contributed by atoms with Crippen molar-refractivity contribution in [1.82, 2.24) is 14.5 Å². The molecule has 17 heavy (non-hydrogen) atoms. The predicted octanol–water partition coefficient (Wildman–Crippen LogP) is 0.279. The number of aromatic nitrogens is 2. The molecule has 7 nitrogen and oxygen atoms in total. The van der Waals surface area contributed by atoms with E-state index in [2.05, 4.69) is 15.5 Å². The molecule has 1 aliphatic rings. The minimum Gasteiger partial charge on any atom is -0.301 e. The van der Waals surface area contributed by atoms with Crippen LogP contribution in [0.15, 0.2) is 4.34 Å². The second kappa shape index (κ2) is 4.31. The third-order valence-electron chi connectivity index (χ3n) is 2.35. The highest BCUT2D eigenvalue weighted by Crippen LogP contribution is 2.31. The molecule has 0 aromatic carbocycles. The van der Waals surface area contributed by atoms with Crippen molar-refractivity contribution >= 4 is 32.4 Å². The molecule has 0 saturated heterocycles. The third kappa shape index (κ3) is 2.61. The van der Waals surface area contributed by atoms with Crippen molar-refractivity contribution in [2.75, 3.05) is 12.4 Å². The van der Waals surface area contributed by atoms with Crippen molar-refractivity contribution in [2.24, 2.45) is 0 Å². The summed E-state index contributed by atoms with van der Waals surface area (Å²) in [4.78, 5) is 10.8. The first-order valence-corrected chi connectivity index (χ1v) is 7.26. The zero-order valence-corrected chi connectivity index (χ0v) is 11.0. The molecule has 1 aromatic rings. The van der Waals surface area contributed by atoms with E-state index < -0.39 is 10.0 Å². The monoisotopic (exact) mass is 276 g/mol. The Kier molecular flexibility index (Phi) is 3.15. The van der Waals surface area contributed by atoms with E-state index in [-0.39, 0.29) is 21.4 Å². The fraction of sp³-hybridized carbons (Fsp3) is 0.625.